The topological polar surface area (TPSA) is 190 Å². The highest BCUT2D eigenvalue weighted by Crippen LogP contribution is 2.21. The van der Waals surface area contributed by atoms with Crippen molar-refractivity contribution in [1.82, 2.24) is 0 Å². The molecule has 0 unspecified atom stereocenters. The van der Waals surface area contributed by atoms with E-state index in [4.69, 9.17) is 30.6 Å². The Morgan fingerprint density at radius 3 is 1.03 bits per heavy atom. The lowest BCUT2D eigenvalue weighted by atomic mass is 9.92. The van der Waals surface area contributed by atoms with Gasteiger partial charge in [0.2, 0.25) is 0 Å². The van der Waals surface area contributed by atoms with E-state index in [-0.39, 0.29) is 59.4 Å². The van der Waals surface area contributed by atoms with E-state index < -0.39 is 23.9 Å². The molecule has 2 rings (SSSR count). The third-order valence-corrected chi connectivity index (χ3v) is 3.99. The third-order valence-electron chi connectivity index (χ3n) is 3.99. The zero-order valence-electron chi connectivity index (χ0n) is 15.6. The molecule has 0 aliphatic carbocycles. The van der Waals surface area contributed by atoms with Gasteiger partial charge in [0.15, 0.2) is 0 Å². The number of carboxylic acids is 4. The van der Waals surface area contributed by atoms with Crippen molar-refractivity contribution in [2.24, 2.45) is 0 Å². The van der Waals surface area contributed by atoms with Crippen molar-refractivity contribution in [1.29, 1.82) is 0 Å². The Bertz CT molecular complexity index is 855. The molecule has 10 heteroatoms. The monoisotopic (exact) mass is 420 g/mol. The van der Waals surface area contributed by atoms with Gasteiger partial charge in [0.25, 0.3) is 0 Å². The maximum Gasteiger partial charge on any atom is 0.335 e. The van der Waals surface area contributed by atoms with Crippen molar-refractivity contribution < 1.29 is 49.8 Å². The smallest absolute Gasteiger partial charge is 0.335 e. The Hall–Kier alpha value is -3.76. The van der Waals surface area contributed by atoms with Crippen LogP contribution < -0.4 is 0 Å². The van der Waals surface area contributed by atoms with Gasteiger partial charge in [0.1, 0.15) is 0 Å². The van der Waals surface area contributed by atoms with E-state index in [1.165, 1.54) is 36.4 Å². The van der Waals surface area contributed by atoms with Crippen molar-refractivity contribution in [2.45, 2.75) is 12.8 Å². The zero-order valence-corrected chi connectivity index (χ0v) is 15.6. The predicted octanol–water partition coefficient (Wildman–Crippen LogP) is 1.24. The van der Waals surface area contributed by atoms with Crippen LogP contribution in [0.15, 0.2) is 36.4 Å². The van der Waals surface area contributed by atoms with Crippen LogP contribution in [0.1, 0.15) is 52.6 Å². The molecule has 0 aromatic heterocycles. The van der Waals surface area contributed by atoms with Crippen LogP contribution in [0, 0.1) is 0 Å². The lowest BCUT2D eigenvalue weighted by Gasteiger charge is -2.14. The molecule has 0 aliphatic heterocycles. The second kappa shape index (κ2) is 11.3. The molecular formula is C20H20O10. The minimum absolute atomic E-state index is 0.0398. The Kier molecular flexibility index (Phi) is 9.14. The van der Waals surface area contributed by atoms with Gasteiger partial charge in [0.05, 0.1) is 22.3 Å². The molecule has 0 aliphatic rings. The lowest BCUT2D eigenvalue weighted by Crippen LogP contribution is -2.14. The minimum atomic E-state index is -1.19. The molecule has 30 heavy (non-hydrogen) atoms. The van der Waals surface area contributed by atoms with Gasteiger partial charge in [-0.25, -0.2) is 19.2 Å². The number of rotatable bonds is 8. The van der Waals surface area contributed by atoms with E-state index in [0.29, 0.717) is 0 Å². The van der Waals surface area contributed by atoms with Gasteiger partial charge in [-0.05, 0) is 60.4 Å². The first-order valence-electron chi connectivity index (χ1n) is 8.53. The van der Waals surface area contributed by atoms with Gasteiger partial charge in [-0.1, -0.05) is 0 Å². The summed E-state index contributed by atoms with van der Waals surface area (Å²) in [6.45, 7) is -0.580. The van der Waals surface area contributed by atoms with Gasteiger partial charge < -0.3 is 30.6 Å². The first-order valence-corrected chi connectivity index (χ1v) is 8.53. The van der Waals surface area contributed by atoms with Gasteiger partial charge >= 0.3 is 23.9 Å². The summed E-state index contributed by atoms with van der Waals surface area (Å²) < 4.78 is 0. The largest absolute Gasteiger partial charge is 0.478 e. The van der Waals surface area contributed by atoms with E-state index in [0.717, 1.165) is 0 Å². The summed E-state index contributed by atoms with van der Waals surface area (Å²) in [6, 6.07) is 7.43. The molecule has 0 saturated carbocycles. The SMILES string of the molecule is O=C(O)c1ccc(C(=O)O)c(CCO)c1CCO.O=C(O)c1ccc(C(=O)O)cc1. The molecule has 10 nitrogen and oxygen atoms in total. The van der Waals surface area contributed by atoms with Gasteiger partial charge in [-0.15, -0.1) is 0 Å². The molecule has 0 heterocycles. The second-order valence-electron chi connectivity index (χ2n) is 5.86. The Morgan fingerprint density at radius 2 is 0.833 bits per heavy atom. The fourth-order valence-electron chi connectivity index (χ4n) is 2.64. The summed E-state index contributed by atoms with van der Waals surface area (Å²) in [6.07, 6.45) is 0.0795. The van der Waals surface area contributed by atoms with Crippen LogP contribution >= 0.6 is 0 Å². The van der Waals surface area contributed by atoms with Crippen LogP contribution in [0.3, 0.4) is 0 Å². The first kappa shape index (κ1) is 24.3. The van der Waals surface area contributed by atoms with E-state index in [1.807, 2.05) is 0 Å². The molecule has 2 aromatic rings. The number of carbonyl (C=O) groups is 4. The number of hydrogen-bond acceptors (Lipinski definition) is 6. The third kappa shape index (κ3) is 6.40. The molecule has 0 atom stereocenters. The van der Waals surface area contributed by atoms with Crippen molar-refractivity contribution in [2.75, 3.05) is 13.2 Å². The fourth-order valence-corrected chi connectivity index (χ4v) is 2.64. The van der Waals surface area contributed by atoms with Crippen molar-refractivity contribution >= 4 is 23.9 Å². The van der Waals surface area contributed by atoms with Gasteiger partial charge in [0, 0.05) is 13.2 Å². The number of aromatic carboxylic acids is 4. The molecule has 0 radical (unpaired) electrons. The molecule has 0 fully saturated rings. The van der Waals surface area contributed by atoms with Crippen LogP contribution in [0.25, 0.3) is 0 Å². The van der Waals surface area contributed by atoms with Crippen LogP contribution in [-0.2, 0) is 12.8 Å². The minimum Gasteiger partial charge on any atom is -0.478 e. The van der Waals surface area contributed by atoms with Crippen molar-refractivity contribution in [3.05, 3.63) is 69.8 Å². The van der Waals surface area contributed by atoms with Crippen LogP contribution in [-0.4, -0.2) is 67.7 Å². The van der Waals surface area contributed by atoms with Crippen LogP contribution in [0.2, 0.25) is 0 Å². The lowest BCUT2D eigenvalue weighted by molar-refractivity contribution is 0.0678. The Balaban J connectivity index is 0.000000325. The standard InChI is InChI=1S/C12H14O6.C8H6O4/c13-5-3-7-8(4-6-14)10(12(17)18)2-1-9(7)11(15)16;9-7(10)5-1-2-6(4-3-5)8(11)12/h1-2,13-14H,3-6H2,(H,15,16)(H,17,18);1-4H,(H,9,10)(H,11,12). The summed E-state index contributed by atoms with van der Waals surface area (Å²) >= 11 is 0. The van der Waals surface area contributed by atoms with Crippen molar-refractivity contribution in [3.63, 3.8) is 0 Å². The predicted molar refractivity (Wildman–Crippen MR) is 102 cm³/mol. The molecule has 0 saturated heterocycles. The highest BCUT2D eigenvalue weighted by Gasteiger charge is 2.20. The molecular weight excluding hydrogens is 400 g/mol. The first-order chi connectivity index (χ1) is 14.1. The Morgan fingerprint density at radius 1 is 0.533 bits per heavy atom. The maximum absolute atomic E-state index is 11.0. The quantitative estimate of drug-likeness (QED) is 0.362. The summed E-state index contributed by atoms with van der Waals surface area (Å²) in [4.78, 5) is 42.8. The number of carboxylic acid groups (broad SMARTS) is 4. The number of aliphatic hydroxyl groups excluding tert-OH is 2. The van der Waals surface area contributed by atoms with Crippen LogP contribution in [0.4, 0.5) is 0 Å². The average molecular weight is 420 g/mol. The second-order valence-corrected chi connectivity index (χ2v) is 5.86. The number of aliphatic hydroxyl groups is 2. The van der Waals surface area contributed by atoms with Crippen molar-refractivity contribution in [3.8, 4) is 0 Å². The zero-order chi connectivity index (χ0) is 22.8. The molecule has 0 amide bonds. The molecule has 160 valence electrons. The number of hydrogen-bond donors (Lipinski definition) is 6. The Labute approximate surface area is 170 Å². The average Bonchev–Trinajstić information content (AvgIpc) is 2.69. The molecule has 2 aromatic carbocycles. The maximum atomic E-state index is 11.0. The van der Waals surface area contributed by atoms with E-state index >= 15 is 0 Å². The van der Waals surface area contributed by atoms with Crippen LogP contribution in [0.5, 0.6) is 0 Å². The van der Waals surface area contributed by atoms with E-state index in [9.17, 15) is 19.2 Å². The number of benzene rings is 2. The summed E-state index contributed by atoms with van der Waals surface area (Å²) in [5, 5.41) is 52.9. The van der Waals surface area contributed by atoms with E-state index in [1.54, 1.807) is 0 Å². The highest BCUT2D eigenvalue weighted by molar-refractivity contribution is 5.95. The summed E-state index contributed by atoms with van der Waals surface area (Å²) in [5.41, 5.74) is 0.605. The van der Waals surface area contributed by atoms with Gasteiger partial charge in [-0.3, -0.25) is 0 Å². The highest BCUT2D eigenvalue weighted by atomic mass is 16.4. The summed E-state index contributed by atoms with van der Waals surface area (Å²) in [5.74, 6) is -4.50. The van der Waals surface area contributed by atoms with Gasteiger partial charge in [-0.2, -0.15) is 0 Å². The molecule has 6 N–H and O–H groups in total. The van der Waals surface area contributed by atoms with E-state index in [2.05, 4.69) is 0 Å². The summed E-state index contributed by atoms with van der Waals surface area (Å²) in [7, 11) is 0. The fraction of sp³-hybridized carbons (Fsp3) is 0.200. The molecule has 0 bridgehead atoms. The molecule has 0 spiro atoms. The normalized spacial score (nSPS) is 9.93.